The first kappa shape index (κ1) is 17.0. The Morgan fingerprint density at radius 3 is 2.45 bits per heavy atom. The lowest BCUT2D eigenvalue weighted by Gasteiger charge is -2.17. The minimum Gasteiger partial charge on any atom is -0.421 e. The predicted molar refractivity (Wildman–Crippen MR) is 83.7 cm³/mol. The highest BCUT2D eigenvalue weighted by molar-refractivity contribution is 7.48. The highest BCUT2D eigenvalue weighted by Gasteiger charge is 2.27. The summed E-state index contributed by atoms with van der Waals surface area (Å²) in [6.45, 7) is 5.43. The summed E-state index contributed by atoms with van der Waals surface area (Å²) >= 11 is 5.86. The van der Waals surface area contributed by atoms with Crippen LogP contribution in [0.15, 0.2) is 27.4 Å². The summed E-state index contributed by atoms with van der Waals surface area (Å²) in [7, 11) is -3.70. The topological polar surface area (TPSA) is 75.0 Å². The average molecular weight is 347 g/mol. The normalized spacial score (nSPS) is 11.8. The largest absolute Gasteiger partial charge is 0.530 e. The number of hydrogen-bond donors (Lipinski definition) is 0. The predicted octanol–water partition coefficient (Wildman–Crippen LogP) is 4.31. The van der Waals surface area contributed by atoms with E-state index in [1.165, 1.54) is 6.07 Å². The van der Waals surface area contributed by atoms with E-state index in [0.717, 1.165) is 0 Å². The zero-order chi connectivity index (χ0) is 16.3. The summed E-state index contributed by atoms with van der Waals surface area (Å²) < 4.78 is 32.9. The second-order valence-corrected chi connectivity index (χ2v) is 6.33. The molecule has 0 aliphatic carbocycles. The van der Waals surface area contributed by atoms with Gasteiger partial charge in [0.2, 0.25) is 0 Å². The van der Waals surface area contributed by atoms with Gasteiger partial charge in [0.15, 0.2) is 0 Å². The Bertz CT molecular complexity index is 775. The Hall–Kier alpha value is -1.33. The van der Waals surface area contributed by atoms with Crippen molar-refractivity contribution in [3.63, 3.8) is 0 Å². The van der Waals surface area contributed by atoms with E-state index in [0.29, 0.717) is 10.9 Å². The van der Waals surface area contributed by atoms with Gasteiger partial charge in [0.25, 0.3) is 0 Å². The summed E-state index contributed by atoms with van der Waals surface area (Å²) in [6.07, 6.45) is 0. The van der Waals surface area contributed by atoms with Crippen LogP contribution in [0.4, 0.5) is 0 Å². The molecule has 0 atom stereocenters. The van der Waals surface area contributed by atoms with Crippen LogP contribution in [0.2, 0.25) is 5.02 Å². The van der Waals surface area contributed by atoms with Gasteiger partial charge in [-0.25, -0.2) is 9.36 Å². The first-order chi connectivity index (χ1) is 10.4. The molecule has 1 aromatic heterocycles. The third-order valence-corrected chi connectivity index (χ3v) is 4.88. The maximum Gasteiger partial charge on any atom is 0.530 e. The quantitative estimate of drug-likeness (QED) is 0.573. The number of phosphoric ester groups is 1. The van der Waals surface area contributed by atoms with E-state index in [1.807, 2.05) is 0 Å². The minimum absolute atomic E-state index is 0.0375. The lowest BCUT2D eigenvalue weighted by molar-refractivity contribution is 0.167. The van der Waals surface area contributed by atoms with Crippen molar-refractivity contribution < 1.29 is 22.6 Å². The average Bonchev–Trinajstić information content (AvgIpc) is 2.45. The van der Waals surface area contributed by atoms with Crippen LogP contribution in [0.5, 0.6) is 5.75 Å². The van der Waals surface area contributed by atoms with Crippen molar-refractivity contribution in [2.75, 3.05) is 13.2 Å². The van der Waals surface area contributed by atoms with E-state index in [2.05, 4.69) is 0 Å². The van der Waals surface area contributed by atoms with Crippen molar-refractivity contribution in [1.29, 1.82) is 0 Å². The van der Waals surface area contributed by atoms with Crippen molar-refractivity contribution in [1.82, 2.24) is 0 Å². The van der Waals surface area contributed by atoms with Crippen molar-refractivity contribution in [2.45, 2.75) is 20.8 Å². The van der Waals surface area contributed by atoms with Crippen molar-refractivity contribution >= 4 is 30.4 Å². The molecule has 0 aliphatic rings. The molecule has 1 aromatic carbocycles. The smallest absolute Gasteiger partial charge is 0.421 e. The summed E-state index contributed by atoms with van der Waals surface area (Å²) in [5, 5.41) is 0.704. The van der Waals surface area contributed by atoms with Crippen LogP contribution < -0.4 is 10.1 Å². The fourth-order valence-electron chi connectivity index (χ4n) is 1.90. The van der Waals surface area contributed by atoms with Gasteiger partial charge in [0, 0.05) is 11.5 Å². The molecule has 1 heterocycles. The highest BCUT2D eigenvalue weighted by Crippen LogP contribution is 2.49. The number of rotatable bonds is 6. The molecular formula is C14H16ClO6P. The van der Waals surface area contributed by atoms with Gasteiger partial charge in [-0.2, -0.15) is 0 Å². The monoisotopic (exact) mass is 346 g/mol. The summed E-state index contributed by atoms with van der Waals surface area (Å²) in [5.41, 5.74) is 0.253. The fraction of sp³-hybridized carbons (Fsp3) is 0.357. The lowest BCUT2D eigenvalue weighted by atomic mass is 10.1. The van der Waals surface area contributed by atoms with Gasteiger partial charge in [-0.05, 0) is 38.5 Å². The van der Waals surface area contributed by atoms with Crippen LogP contribution >= 0.6 is 19.4 Å². The number of benzene rings is 1. The number of fused-ring (bicyclic) bond motifs is 1. The Morgan fingerprint density at radius 1 is 1.23 bits per heavy atom. The summed E-state index contributed by atoms with van der Waals surface area (Å²) in [4.78, 5) is 11.6. The molecule has 0 radical (unpaired) electrons. The van der Waals surface area contributed by atoms with E-state index in [-0.39, 0.29) is 29.6 Å². The Morgan fingerprint density at radius 2 is 1.86 bits per heavy atom. The van der Waals surface area contributed by atoms with E-state index >= 15 is 0 Å². The molecule has 0 saturated heterocycles. The fourth-order valence-corrected chi connectivity index (χ4v) is 3.23. The number of halogens is 1. The van der Waals surface area contributed by atoms with Crippen LogP contribution in [-0.2, 0) is 13.6 Å². The third-order valence-electron chi connectivity index (χ3n) is 2.86. The first-order valence-electron chi connectivity index (χ1n) is 6.72. The van der Waals surface area contributed by atoms with Crippen molar-refractivity contribution in [3.8, 4) is 5.75 Å². The molecule has 0 saturated carbocycles. The molecule has 2 rings (SSSR count). The van der Waals surface area contributed by atoms with E-state index in [4.69, 9.17) is 29.6 Å². The highest BCUT2D eigenvalue weighted by atomic mass is 35.5. The second-order valence-electron chi connectivity index (χ2n) is 4.36. The molecule has 0 aliphatic heterocycles. The van der Waals surface area contributed by atoms with E-state index < -0.39 is 13.4 Å². The molecule has 0 amide bonds. The van der Waals surface area contributed by atoms with E-state index in [9.17, 15) is 9.36 Å². The number of aryl methyl sites for hydroxylation is 1. The Kier molecular flexibility index (Phi) is 5.29. The molecule has 8 heteroatoms. The molecule has 120 valence electrons. The zero-order valence-corrected chi connectivity index (χ0v) is 14.1. The molecule has 6 nitrogen and oxygen atoms in total. The van der Waals surface area contributed by atoms with Gasteiger partial charge in [0.1, 0.15) is 16.4 Å². The molecule has 0 fully saturated rings. The van der Waals surface area contributed by atoms with Crippen LogP contribution in [-0.4, -0.2) is 13.2 Å². The van der Waals surface area contributed by atoms with Gasteiger partial charge >= 0.3 is 13.4 Å². The van der Waals surface area contributed by atoms with Crippen LogP contribution in [0.25, 0.3) is 11.0 Å². The minimum atomic E-state index is -3.70. The maximum absolute atomic E-state index is 12.3. The maximum atomic E-state index is 12.3. The molecule has 2 aromatic rings. The van der Waals surface area contributed by atoms with Crippen molar-refractivity contribution in [3.05, 3.63) is 39.2 Å². The molecule has 0 N–H and O–H groups in total. The lowest BCUT2D eigenvalue weighted by Crippen LogP contribution is -2.04. The van der Waals surface area contributed by atoms with Gasteiger partial charge in [0.05, 0.1) is 13.2 Å². The first-order valence-corrected chi connectivity index (χ1v) is 8.55. The van der Waals surface area contributed by atoms with Crippen LogP contribution in [0.1, 0.15) is 19.4 Å². The summed E-state index contributed by atoms with van der Waals surface area (Å²) in [5.74, 6) is 0.211. The molecular weight excluding hydrogens is 331 g/mol. The third kappa shape index (κ3) is 3.52. The summed E-state index contributed by atoms with van der Waals surface area (Å²) in [6, 6.07) is 4.69. The van der Waals surface area contributed by atoms with Crippen LogP contribution in [0, 0.1) is 6.92 Å². The zero-order valence-electron chi connectivity index (χ0n) is 12.4. The second kappa shape index (κ2) is 6.84. The Balaban J connectivity index is 2.43. The van der Waals surface area contributed by atoms with Crippen molar-refractivity contribution in [2.24, 2.45) is 0 Å². The molecule has 0 spiro atoms. The standard InChI is InChI=1S/C14H16ClO6P/c1-4-18-22(17,19-5-2)21-10-6-7-11-9(3)13(15)14(16)20-12(11)8-10/h6-8H,4-5H2,1-3H3. The molecule has 22 heavy (non-hydrogen) atoms. The van der Waals surface area contributed by atoms with Gasteiger partial charge in [-0.1, -0.05) is 11.6 Å². The Labute approximate surface area is 132 Å². The van der Waals surface area contributed by atoms with Gasteiger partial charge < -0.3 is 8.94 Å². The van der Waals surface area contributed by atoms with Crippen LogP contribution in [0.3, 0.4) is 0 Å². The number of phosphoric acid groups is 1. The molecule has 0 bridgehead atoms. The SMILES string of the molecule is CCOP(=O)(OCC)Oc1ccc2c(C)c(Cl)c(=O)oc2c1. The molecule has 0 unspecified atom stereocenters. The van der Waals surface area contributed by atoms with Gasteiger partial charge in [-0.15, -0.1) is 0 Å². The van der Waals surface area contributed by atoms with E-state index in [1.54, 1.807) is 32.9 Å². The van der Waals surface area contributed by atoms with Gasteiger partial charge in [-0.3, -0.25) is 9.05 Å². The number of hydrogen-bond acceptors (Lipinski definition) is 6.